The topological polar surface area (TPSA) is 84.4 Å². The van der Waals surface area contributed by atoms with E-state index in [9.17, 15) is 9.59 Å². The Bertz CT molecular complexity index is 830. The van der Waals surface area contributed by atoms with E-state index in [-0.39, 0.29) is 10.7 Å². The summed E-state index contributed by atoms with van der Waals surface area (Å²) in [5.41, 5.74) is 1.63. The minimum atomic E-state index is -0.774. The average Bonchev–Trinajstić information content (AvgIpc) is 2.68. The van der Waals surface area contributed by atoms with Gasteiger partial charge >= 0.3 is 5.97 Å². The Morgan fingerprint density at radius 1 is 1.29 bits per heavy atom. The summed E-state index contributed by atoms with van der Waals surface area (Å²) in [7, 11) is 0. The van der Waals surface area contributed by atoms with E-state index >= 15 is 0 Å². The molecule has 9 heteroatoms. The van der Waals surface area contributed by atoms with Crippen molar-refractivity contribution < 1.29 is 14.3 Å². The number of ether oxygens (including phenoxy) is 1. The summed E-state index contributed by atoms with van der Waals surface area (Å²) in [6.07, 6.45) is 3.10. The van der Waals surface area contributed by atoms with E-state index in [4.69, 9.17) is 16.3 Å². The molecule has 0 atom stereocenters. The highest BCUT2D eigenvalue weighted by atomic mass is 35.5. The first-order chi connectivity index (χ1) is 13.3. The fourth-order valence-corrected chi connectivity index (χ4v) is 3.08. The molecule has 0 radical (unpaired) electrons. The Hall–Kier alpha value is -2.32. The molecule has 2 rings (SSSR count). The second-order valence-electron chi connectivity index (χ2n) is 6.10. The number of nitrogens with zero attached hydrogens (tertiary/aromatic N) is 3. The Kier molecular flexibility index (Phi) is 8.07. The highest BCUT2D eigenvalue weighted by Gasteiger charge is 2.17. The first-order valence-electron chi connectivity index (χ1n) is 8.75. The lowest BCUT2D eigenvalue weighted by molar-refractivity contribution is -0.119. The van der Waals surface area contributed by atoms with Crippen LogP contribution in [0.5, 0.6) is 0 Å². The number of anilines is 2. The van der Waals surface area contributed by atoms with E-state index in [0.717, 1.165) is 12.2 Å². The number of rotatable bonds is 8. The minimum Gasteiger partial charge on any atom is -0.451 e. The molecule has 0 aliphatic carbocycles. The lowest BCUT2D eigenvalue weighted by Crippen LogP contribution is -2.30. The van der Waals surface area contributed by atoms with Crippen LogP contribution in [-0.2, 0) is 9.53 Å². The van der Waals surface area contributed by atoms with Gasteiger partial charge in [0, 0.05) is 24.0 Å². The van der Waals surface area contributed by atoms with Crippen LogP contribution < -0.4 is 10.2 Å². The molecule has 1 aromatic carbocycles. The summed E-state index contributed by atoms with van der Waals surface area (Å²) in [5.74, 6) is -1.23. The Morgan fingerprint density at radius 2 is 1.96 bits per heavy atom. The van der Waals surface area contributed by atoms with Crippen LogP contribution in [0, 0.1) is 0 Å². The van der Waals surface area contributed by atoms with Crippen molar-refractivity contribution in [1.29, 1.82) is 0 Å². The van der Waals surface area contributed by atoms with E-state index in [0.29, 0.717) is 16.9 Å². The third kappa shape index (κ3) is 5.84. The van der Waals surface area contributed by atoms with Crippen LogP contribution in [0.4, 0.5) is 11.4 Å². The van der Waals surface area contributed by atoms with Gasteiger partial charge in [0.15, 0.2) is 17.5 Å². The molecule has 0 saturated heterocycles. The molecule has 1 amide bonds. The van der Waals surface area contributed by atoms with Crippen molar-refractivity contribution in [3.05, 3.63) is 41.2 Å². The molecule has 1 heterocycles. The second kappa shape index (κ2) is 10.3. The largest absolute Gasteiger partial charge is 0.451 e. The fraction of sp³-hybridized carbons (Fsp3) is 0.368. The molecule has 0 spiro atoms. The Morgan fingerprint density at radius 3 is 2.54 bits per heavy atom. The highest BCUT2D eigenvalue weighted by Crippen LogP contribution is 2.20. The van der Waals surface area contributed by atoms with Crippen LogP contribution in [0.3, 0.4) is 0 Å². The number of amides is 1. The maximum absolute atomic E-state index is 12.1. The lowest BCUT2D eigenvalue weighted by atomic mass is 10.2. The summed E-state index contributed by atoms with van der Waals surface area (Å²) in [6.45, 7) is 6.79. The van der Waals surface area contributed by atoms with Gasteiger partial charge < -0.3 is 15.0 Å². The third-order valence-electron chi connectivity index (χ3n) is 3.88. The number of carbonyl (C=O) groups excluding carboxylic acids is 2. The number of carbonyl (C=O) groups is 2. The molecule has 1 N–H and O–H groups in total. The Labute approximate surface area is 173 Å². The van der Waals surface area contributed by atoms with Crippen molar-refractivity contribution in [2.24, 2.45) is 0 Å². The minimum absolute atomic E-state index is 0.0634. The molecule has 0 aliphatic heterocycles. The second-order valence-corrected chi connectivity index (χ2v) is 7.28. The summed E-state index contributed by atoms with van der Waals surface area (Å²) in [4.78, 5) is 34.4. The van der Waals surface area contributed by atoms with E-state index in [1.807, 2.05) is 24.3 Å². The molecule has 0 fully saturated rings. The molecule has 1 aromatic heterocycles. The van der Waals surface area contributed by atoms with Gasteiger partial charge in [0.25, 0.3) is 5.91 Å². The monoisotopic (exact) mass is 422 g/mol. The van der Waals surface area contributed by atoms with Gasteiger partial charge in [-0.1, -0.05) is 23.4 Å². The predicted octanol–water partition coefficient (Wildman–Crippen LogP) is 3.88. The van der Waals surface area contributed by atoms with Gasteiger partial charge in [0.2, 0.25) is 0 Å². The van der Waals surface area contributed by atoms with Gasteiger partial charge in [-0.15, -0.1) is 0 Å². The Balaban J connectivity index is 1.93. The van der Waals surface area contributed by atoms with Gasteiger partial charge in [-0.3, -0.25) is 4.79 Å². The number of nitrogens with one attached hydrogen (secondary N) is 1. The van der Waals surface area contributed by atoms with Crippen molar-refractivity contribution in [3.8, 4) is 0 Å². The smallest absolute Gasteiger partial charge is 0.359 e. The zero-order valence-electron chi connectivity index (χ0n) is 16.2. The number of thioether (sulfide) groups is 1. The van der Waals surface area contributed by atoms with Gasteiger partial charge in [0.05, 0.1) is 11.2 Å². The van der Waals surface area contributed by atoms with Gasteiger partial charge in [-0.2, -0.15) is 0 Å². The molecule has 7 nitrogen and oxygen atoms in total. The van der Waals surface area contributed by atoms with Crippen LogP contribution >= 0.6 is 23.4 Å². The molecule has 0 bridgehead atoms. The first-order valence-corrected chi connectivity index (χ1v) is 10.4. The quantitative estimate of drug-likeness (QED) is 0.392. The number of hydrogen-bond acceptors (Lipinski definition) is 7. The van der Waals surface area contributed by atoms with E-state index in [2.05, 4.69) is 41.0 Å². The van der Waals surface area contributed by atoms with Crippen molar-refractivity contribution in [1.82, 2.24) is 9.97 Å². The van der Waals surface area contributed by atoms with Crippen LogP contribution in [0.15, 0.2) is 35.6 Å². The van der Waals surface area contributed by atoms with Crippen molar-refractivity contribution >= 4 is 46.6 Å². The molecule has 0 unspecified atom stereocenters. The predicted molar refractivity (Wildman–Crippen MR) is 112 cm³/mol. The highest BCUT2D eigenvalue weighted by molar-refractivity contribution is 7.98. The maximum atomic E-state index is 12.1. The first kappa shape index (κ1) is 22.0. The van der Waals surface area contributed by atoms with Gasteiger partial charge in [-0.25, -0.2) is 14.8 Å². The molecule has 0 aliphatic rings. The van der Waals surface area contributed by atoms with E-state index in [1.54, 1.807) is 6.26 Å². The lowest BCUT2D eigenvalue weighted by Gasteiger charge is -2.27. The van der Waals surface area contributed by atoms with Crippen LogP contribution in [0.25, 0.3) is 0 Å². The van der Waals surface area contributed by atoms with E-state index < -0.39 is 18.5 Å². The van der Waals surface area contributed by atoms with Crippen LogP contribution in [-0.4, -0.2) is 47.3 Å². The van der Waals surface area contributed by atoms with Crippen molar-refractivity contribution in [2.75, 3.05) is 29.6 Å². The number of aromatic nitrogens is 2. The normalized spacial score (nSPS) is 10.6. The molecule has 0 saturated carbocycles. The van der Waals surface area contributed by atoms with E-state index in [1.165, 1.54) is 18.0 Å². The number of esters is 1. The van der Waals surface area contributed by atoms with Gasteiger partial charge in [0.1, 0.15) is 0 Å². The maximum Gasteiger partial charge on any atom is 0.359 e. The van der Waals surface area contributed by atoms with Crippen LogP contribution in [0.2, 0.25) is 5.02 Å². The zero-order chi connectivity index (χ0) is 20.7. The van der Waals surface area contributed by atoms with Crippen molar-refractivity contribution in [3.63, 3.8) is 0 Å². The average molecular weight is 423 g/mol. The molecular formula is C19H23ClN4O3S. The SMILES string of the molecule is CCN(c1ccc(NC(=O)COC(=O)c2nc(SC)ncc2Cl)cc1)C(C)C. The molecular weight excluding hydrogens is 400 g/mol. The summed E-state index contributed by atoms with van der Waals surface area (Å²) >= 11 is 7.20. The standard InChI is InChI=1S/C19H23ClN4O3S/c1-5-24(12(2)3)14-8-6-13(7-9-14)22-16(25)11-27-18(26)17-15(20)10-21-19(23-17)28-4/h6-10,12H,5,11H2,1-4H3,(H,22,25). The fourth-order valence-electron chi connectivity index (χ4n) is 2.57. The summed E-state index contributed by atoms with van der Waals surface area (Å²) in [5, 5.41) is 3.16. The molecule has 28 heavy (non-hydrogen) atoms. The number of halogens is 1. The number of benzene rings is 1. The zero-order valence-corrected chi connectivity index (χ0v) is 17.8. The number of hydrogen-bond donors (Lipinski definition) is 1. The van der Waals surface area contributed by atoms with Gasteiger partial charge in [-0.05, 0) is 51.3 Å². The molecule has 2 aromatic rings. The third-order valence-corrected chi connectivity index (χ3v) is 4.72. The summed E-state index contributed by atoms with van der Waals surface area (Å²) in [6, 6.07) is 7.88. The van der Waals surface area contributed by atoms with Crippen LogP contribution in [0.1, 0.15) is 31.3 Å². The summed E-state index contributed by atoms with van der Waals surface area (Å²) < 4.78 is 5.01. The molecule has 150 valence electrons. The van der Waals surface area contributed by atoms with Crippen molar-refractivity contribution in [2.45, 2.75) is 32.0 Å².